The van der Waals surface area contributed by atoms with Gasteiger partial charge in [-0.05, 0) is 30.5 Å². The fraction of sp³-hybridized carbons (Fsp3) is 0.308. The van der Waals surface area contributed by atoms with Gasteiger partial charge in [0.25, 0.3) is 5.89 Å². The molecule has 0 aliphatic carbocycles. The molecule has 0 saturated carbocycles. The summed E-state index contributed by atoms with van der Waals surface area (Å²) >= 11 is 1.61. The molecule has 4 heterocycles. The molecule has 1 saturated heterocycles. The largest absolute Gasteiger partial charge is 0.332 e. The van der Waals surface area contributed by atoms with E-state index in [9.17, 15) is 0 Å². The Bertz CT molecular complexity index is 696. The van der Waals surface area contributed by atoms with Crippen molar-refractivity contribution in [3.63, 3.8) is 0 Å². The fourth-order valence-electron chi connectivity index (χ4n) is 2.41. The fourth-order valence-corrected chi connectivity index (χ4v) is 3.05. The number of nitrogens with one attached hydrogen (secondary N) is 2. The number of hydrogen-bond donors (Lipinski definition) is 2. The maximum absolute atomic E-state index is 5.30. The van der Waals surface area contributed by atoms with Crippen LogP contribution in [0.3, 0.4) is 0 Å². The third-order valence-electron chi connectivity index (χ3n) is 3.52. The molecule has 0 aromatic carbocycles. The molecular formula is C13H13N5OS. The molecule has 1 unspecified atom stereocenters. The number of aromatic nitrogens is 4. The van der Waals surface area contributed by atoms with Gasteiger partial charge in [0.1, 0.15) is 0 Å². The highest BCUT2D eigenvalue weighted by Crippen LogP contribution is 2.26. The van der Waals surface area contributed by atoms with Crippen LogP contribution in [0.1, 0.15) is 18.0 Å². The highest BCUT2D eigenvalue weighted by atomic mass is 32.1. The molecule has 2 N–H and O–H groups in total. The molecule has 1 fully saturated rings. The SMILES string of the molecule is c1cc(-c2noc(-c3cc(C4CCNC4)[nH]n3)n2)cs1. The predicted molar refractivity (Wildman–Crippen MR) is 75.4 cm³/mol. The summed E-state index contributed by atoms with van der Waals surface area (Å²) in [6, 6.07) is 3.97. The van der Waals surface area contributed by atoms with Gasteiger partial charge in [-0.2, -0.15) is 21.4 Å². The second-order valence-electron chi connectivity index (χ2n) is 4.83. The summed E-state index contributed by atoms with van der Waals surface area (Å²) in [7, 11) is 0. The second kappa shape index (κ2) is 4.84. The summed E-state index contributed by atoms with van der Waals surface area (Å²) in [5.41, 5.74) is 2.81. The van der Waals surface area contributed by atoms with E-state index in [0.717, 1.165) is 30.8 Å². The van der Waals surface area contributed by atoms with Crippen LogP contribution in [0.2, 0.25) is 0 Å². The summed E-state index contributed by atoms with van der Waals surface area (Å²) in [4.78, 5) is 4.39. The van der Waals surface area contributed by atoms with Gasteiger partial charge >= 0.3 is 0 Å². The average Bonchev–Trinajstić information content (AvgIpc) is 3.22. The lowest BCUT2D eigenvalue weighted by Gasteiger charge is -2.02. The molecule has 1 atom stereocenters. The lowest BCUT2D eigenvalue weighted by molar-refractivity contribution is 0.431. The van der Waals surface area contributed by atoms with E-state index < -0.39 is 0 Å². The van der Waals surface area contributed by atoms with Crippen molar-refractivity contribution in [1.29, 1.82) is 0 Å². The van der Waals surface area contributed by atoms with Crippen LogP contribution in [-0.4, -0.2) is 33.4 Å². The van der Waals surface area contributed by atoms with Crippen molar-refractivity contribution in [3.8, 4) is 23.0 Å². The number of aromatic amines is 1. The molecule has 6 nitrogen and oxygen atoms in total. The van der Waals surface area contributed by atoms with E-state index in [0.29, 0.717) is 23.3 Å². The van der Waals surface area contributed by atoms with E-state index in [4.69, 9.17) is 4.52 Å². The topological polar surface area (TPSA) is 79.6 Å². The molecule has 0 spiro atoms. The van der Waals surface area contributed by atoms with Crippen molar-refractivity contribution in [2.24, 2.45) is 0 Å². The van der Waals surface area contributed by atoms with Crippen molar-refractivity contribution < 1.29 is 4.52 Å². The standard InChI is InChI=1S/C13H13N5OS/c1-3-14-6-8(1)10-5-11(17-16-10)13-15-12(18-19-13)9-2-4-20-7-9/h2,4-5,7-8,14H,1,3,6H2,(H,16,17). The van der Waals surface area contributed by atoms with Gasteiger partial charge in [-0.3, -0.25) is 5.10 Å². The van der Waals surface area contributed by atoms with Gasteiger partial charge in [-0.25, -0.2) is 0 Å². The normalized spacial score (nSPS) is 18.7. The van der Waals surface area contributed by atoms with E-state index in [1.807, 2.05) is 22.9 Å². The maximum atomic E-state index is 5.30. The minimum Gasteiger partial charge on any atom is -0.332 e. The predicted octanol–water partition coefficient (Wildman–Crippen LogP) is 2.27. The van der Waals surface area contributed by atoms with Crippen molar-refractivity contribution in [2.45, 2.75) is 12.3 Å². The third-order valence-corrected chi connectivity index (χ3v) is 4.21. The molecule has 0 radical (unpaired) electrons. The Hall–Kier alpha value is -1.99. The first-order valence-electron chi connectivity index (χ1n) is 6.53. The van der Waals surface area contributed by atoms with E-state index >= 15 is 0 Å². The zero-order chi connectivity index (χ0) is 13.4. The molecule has 20 heavy (non-hydrogen) atoms. The number of rotatable bonds is 3. The van der Waals surface area contributed by atoms with Crippen LogP contribution in [-0.2, 0) is 0 Å². The van der Waals surface area contributed by atoms with E-state index in [1.165, 1.54) is 0 Å². The van der Waals surface area contributed by atoms with Crippen molar-refractivity contribution in [2.75, 3.05) is 13.1 Å². The Balaban J connectivity index is 1.61. The second-order valence-corrected chi connectivity index (χ2v) is 5.61. The minimum absolute atomic E-state index is 0.458. The zero-order valence-corrected chi connectivity index (χ0v) is 11.5. The summed E-state index contributed by atoms with van der Waals surface area (Å²) in [6.07, 6.45) is 1.13. The third kappa shape index (κ3) is 2.04. The molecule has 0 amide bonds. The van der Waals surface area contributed by atoms with Gasteiger partial charge < -0.3 is 9.84 Å². The van der Waals surface area contributed by atoms with Crippen LogP contribution < -0.4 is 5.32 Å². The number of nitrogens with zero attached hydrogens (tertiary/aromatic N) is 3. The Morgan fingerprint density at radius 1 is 1.40 bits per heavy atom. The van der Waals surface area contributed by atoms with Crippen LogP contribution in [0.25, 0.3) is 23.0 Å². The van der Waals surface area contributed by atoms with E-state index in [-0.39, 0.29) is 0 Å². The highest BCUT2D eigenvalue weighted by molar-refractivity contribution is 7.08. The molecule has 1 aliphatic rings. The lowest BCUT2D eigenvalue weighted by Crippen LogP contribution is -2.08. The number of thiophene rings is 1. The minimum atomic E-state index is 0.458. The van der Waals surface area contributed by atoms with Crippen molar-refractivity contribution >= 4 is 11.3 Å². The lowest BCUT2D eigenvalue weighted by atomic mass is 10.1. The summed E-state index contributed by atoms with van der Waals surface area (Å²) in [5.74, 6) is 1.56. The van der Waals surface area contributed by atoms with Crippen LogP contribution in [0.15, 0.2) is 27.4 Å². The smallest absolute Gasteiger partial charge is 0.278 e. The molecular weight excluding hydrogens is 274 g/mol. The van der Waals surface area contributed by atoms with E-state index in [1.54, 1.807) is 11.3 Å². The summed E-state index contributed by atoms with van der Waals surface area (Å²) in [5, 5.41) is 18.7. The van der Waals surface area contributed by atoms with Gasteiger partial charge in [0.2, 0.25) is 5.82 Å². The maximum Gasteiger partial charge on any atom is 0.278 e. The molecule has 3 aromatic heterocycles. The highest BCUT2D eigenvalue weighted by Gasteiger charge is 2.21. The quantitative estimate of drug-likeness (QED) is 0.772. The first-order chi connectivity index (χ1) is 9.90. The molecule has 102 valence electrons. The van der Waals surface area contributed by atoms with Gasteiger partial charge in [0, 0.05) is 29.1 Å². The van der Waals surface area contributed by atoms with Crippen LogP contribution >= 0.6 is 11.3 Å². The van der Waals surface area contributed by atoms with Gasteiger partial charge in [0.05, 0.1) is 0 Å². The van der Waals surface area contributed by atoms with Crippen LogP contribution in [0.4, 0.5) is 0 Å². The van der Waals surface area contributed by atoms with Crippen molar-refractivity contribution in [1.82, 2.24) is 25.7 Å². The van der Waals surface area contributed by atoms with Crippen molar-refractivity contribution in [3.05, 3.63) is 28.6 Å². The van der Waals surface area contributed by atoms with E-state index in [2.05, 4.69) is 25.7 Å². The van der Waals surface area contributed by atoms with Crippen LogP contribution in [0, 0.1) is 0 Å². The molecule has 7 heteroatoms. The Kier molecular flexibility index (Phi) is 2.86. The van der Waals surface area contributed by atoms with Gasteiger partial charge in [-0.1, -0.05) is 5.16 Å². The first kappa shape index (κ1) is 11.8. The zero-order valence-electron chi connectivity index (χ0n) is 10.7. The monoisotopic (exact) mass is 287 g/mol. The molecule has 4 rings (SSSR count). The summed E-state index contributed by atoms with van der Waals surface area (Å²) in [6.45, 7) is 2.05. The van der Waals surface area contributed by atoms with Gasteiger partial charge in [0.15, 0.2) is 5.69 Å². The van der Waals surface area contributed by atoms with Gasteiger partial charge in [-0.15, -0.1) is 0 Å². The molecule has 0 bridgehead atoms. The Morgan fingerprint density at radius 2 is 2.40 bits per heavy atom. The number of H-pyrrole nitrogens is 1. The summed E-state index contributed by atoms with van der Waals surface area (Å²) < 4.78 is 5.30. The average molecular weight is 287 g/mol. The molecule has 3 aromatic rings. The number of hydrogen-bond acceptors (Lipinski definition) is 6. The first-order valence-corrected chi connectivity index (χ1v) is 7.47. The Morgan fingerprint density at radius 3 is 3.20 bits per heavy atom. The Labute approximate surface area is 119 Å². The van der Waals surface area contributed by atoms with Crippen LogP contribution in [0.5, 0.6) is 0 Å². The molecule has 1 aliphatic heterocycles.